The van der Waals surface area contributed by atoms with Crippen LogP contribution in [0.2, 0.25) is 0 Å². The molecule has 17 heavy (non-hydrogen) atoms. The summed E-state index contributed by atoms with van der Waals surface area (Å²) in [5, 5.41) is 15.9. The van der Waals surface area contributed by atoms with Gasteiger partial charge in [-0.1, -0.05) is 0 Å². The van der Waals surface area contributed by atoms with Crippen LogP contribution in [0.3, 0.4) is 0 Å². The minimum absolute atomic E-state index is 0.0737. The van der Waals surface area contributed by atoms with Crippen LogP contribution in [0.5, 0.6) is 0 Å². The molecule has 0 aromatic carbocycles. The Morgan fingerprint density at radius 2 is 2.35 bits per heavy atom. The highest BCUT2D eigenvalue weighted by Gasteiger charge is 2.09. The van der Waals surface area contributed by atoms with Gasteiger partial charge in [0.25, 0.3) is 0 Å². The van der Waals surface area contributed by atoms with Crippen LogP contribution in [0, 0.1) is 6.92 Å². The Balaban J connectivity index is 2.02. The summed E-state index contributed by atoms with van der Waals surface area (Å²) in [7, 11) is 1.85. The minimum atomic E-state index is -1.07. The first-order valence-corrected chi connectivity index (χ1v) is 5.12. The predicted octanol–water partition coefficient (Wildman–Crippen LogP) is 1.63. The number of aromatic carboxylic acids is 1. The Bertz CT molecular complexity index is 542. The highest BCUT2D eigenvalue weighted by Crippen LogP contribution is 2.15. The van der Waals surface area contributed by atoms with Gasteiger partial charge in [-0.25, -0.2) is 4.79 Å². The molecule has 2 aromatic heterocycles. The van der Waals surface area contributed by atoms with Crippen molar-refractivity contribution in [3.05, 3.63) is 35.3 Å². The van der Waals surface area contributed by atoms with Crippen molar-refractivity contribution < 1.29 is 14.3 Å². The number of aromatic nitrogens is 2. The van der Waals surface area contributed by atoms with Gasteiger partial charge in [0.05, 0.1) is 5.69 Å². The second kappa shape index (κ2) is 4.32. The van der Waals surface area contributed by atoms with E-state index >= 15 is 0 Å². The van der Waals surface area contributed by atoms with Crippen molar-refractivity contribution in [2.45, 2.75) is 13.5 Å². The molecule has 6 heteroatoms. The minimum Gasteiger partial charge on any atom is -0.475 e. The molecule has 0 atom stereocenters. The van der Waals surface area contributed by atoms with E-state index in [0.717, 1.165) is 11.3 Å². The Kier molecular flexibility index (Phi) is 2.86. The fourth-order valence-electron chi connectivity index (χ4n) is 1.55. The monoisotopic (exact) mass is 235 g/mol. The van der Waals surface area contributed by atoms with E-state index in [-0.39, 0.29) is 5.76 Å². The van der Waals surface area contributed by atoms with Gasteiger partial charge >= 0.3 is 5.97 Å². The van der Waals surface area contributed by atoms with Gasteiger partial charge in [0.15, 0.2) is 5.88 Å². The molecule has 0 aliphatic rings. The quantitative estimate of drug-likeness (QED) is 0.841. The van der Waals surface area contributed by atoms with Gasteiger partial charge in [0, 0.05) is 31.4 Å². The van der Waals surface area contributed by atoms with Crippen molar-refractivity contribution in [1.29, 1.82) is 0 Å². The lowest BCUT2D eigenvalue weighted by atomic mass is 10.3. The molecular formula is C11H13N3O3. The Morgan fingerprint density at radius 1 is 1.59 bits per heavy atom. The van der Waals surface area contributed by atoms with E-state index in [1.807, 2.05) is 20.2 Å². The zero-order valence-electron chi connectivity index (χ0n) is 9.60. The molecule has 0 unspecified atom stereocenters. The summed E-state index contributed by atoms with van der Waals surface area (Å²) in [6.07, 6.45) is 1.91. The van der Waals surface area contributed by atoms with E-state index in [9.17, 15) is 4.79 Å². The van der Waals surface area contributed by atoms with Crippen LogP contribution in [0.4, 0.5) is 5.88 Å². The Morgan fingerprint density at radius 3 is 2.88 bits per heavy atom. The van der Waals surface area contributed by atoms with Crippen LogP contribution in [0.15, 0.2) is 22.7 Å². The zero-order valence-corrected chi connectivity index (χ0v) is 9.60. The van der Waals surface area contributed by atoms with Crippen molar-refractivity contribution in [1.82, 2.24) is 9.78 Å². The summed E-state index contributed by atoms with van der Waals surface area (Å²) < 4.78 is 6.81. The topological polar surface area (TPSA) is 80.3 Å². The Hall–Kier alpha value is -2.24. The molecule has 0 saturated heterocycles. The number of carbonyl (C=O) groups is 1. The van der Waals surface area contributed by atoms with Gasteiger partial charge in [-0.15, -0.1) is 0 Å². The number of carboxylic acids is 1. The average molecular weight is 235 g/mol. The molecule has 2 N–H and O–H groups in total. The smallest absolute Gasteiger partial charge is 0.371 e. The van der Waals surface area contributed by atoms with Crippen LogP contribution in [-0.2, 0) is 13.6 Å². The molecule has 2 aromatic rings. The number of nitrogens with zero attached hydrogens (tertiary/aromatic N) is 2. The number of anilines is 1. The van der Waals surface area contributed by atoms with E-state index in [4.69, 9.17) is 9.52 Å². The molecule has 0 aliphatic carbocycles. The van der Waals surface area contributed by atoms with Crippen LogP contribution >= 0.6 is 0 Å². The Labute approximate surface area is 97.9 Å². The number of carboxylic acid groups (broad SMARTS) is 1. The molecule has 0 saturated carbocycles. The molecule has 6 nitrogen and oxygen atoms in total. The molecule has 0 aliphatic heterocycles. The van der Waals surface area contributed by atoms with Gasteiger partial charge in [-0.3, -0.25) is 4.68 Å². The summed E-state index contributed by atoms with van der Waals surface area (Å²) in [6, 6.07) is 3.01. The first-order chi connectivity index (χ1) is 8.06. The molecule has 2 rings (SSSR count). The molecule has 2 heterocycles. The SMILES string of the molecule is Cc1nn(C)cc1CNc1ccc(C(=O)O)o1. The maximum absolute atomic E-state index is 10.6. The number of aryl methyl sites for hydroxylation is 2. The van der Waals surface area contributed by atoms with Crippen LogP contribution in [0.1, 0.15) is 21.8 Å². The highest BCUT2D eigenvalue weighted by atomic mass is 16.4. The van der Waals surface area contributed by atoms with Gasteiger partial charge in [0.1, 0.15) is 0 Å². The third-order valence-corrected chi connectivity index (χ3v) is 2.38. The molecule has 90 valence electrons. The average Bonchev–Trinajstić information content (AvgIpc) is 2.82. The summed E-state index contributed by atoms with van der Waals surface area (Å²) in [6.45, 7) is 2.47. The van der Waals surface area contributed by atoms with Crippen molar-refractivity contribution in [2.75, 3.05) is 5.32 Å². The van der Waals surface area contributed by atoms with Crippen molar-refractivity contribution in [3.63, 3.8) is 0 Å². The molecule has 0 spiro atoms. The van der Waals surface area contributed by atoms with Crippen LogP contribution < -0.4 is 5.32 Å². The fraction of sp³-hybridized carbons (Fsp3) is 0.273. The second-order valence-electron chi connectivity index (χ2n) is 3.74. The van der Waals surface area contributed by atoms with E-state index < -0.39 is 5.97 Å². The number of furan rings is 1. The van der Waals surface area contributed by atoms with E-state index in [2.05, 4.69) is 10.4 Å². The van der Waals surface area contributed by atoms with E-state index in [1.165, 1.54) is 6.07 Å². The highest BCUT2D eigenvalue weighted by molar-refractivity contribution is 5.84. The zero-order chi connectivity index (χ0) is 12.4. The first kappa shape index (κ1) is 11.3. The number of hydrogen-bond donors (Lipinski definition) is 2. The fourth-order valence-corrected chi connectivity index (χ4v) is 1.55. The van der Waals surface area contributed by atoms with Gasteiger partial charge < -0.3 is 14.8 Å². The van der Waals surface area contributed by atoms with Gasteiger partial charge in [-0.05, 0) is 13.0 Å². The molecular weight excluding hydrogens is 222 g/mol. The largest absolute Gasteiger partial charge is 0.475 e. The normalized spacial score (nSPS) is 10.5. The third kappa shape index (κ3) is 2.47. The maximum atomic E-state index is 10.6. The van der Waals surface area contributed by atoms with E-state index in [0.29, 0.717) is 12.4 Å². The lowest BCUT2D eigenvalue weighted by molar-refractivity contribution is 0.0663. The lowest BCUT2D eigenvalue weighted by Gasteiger charge is -2.00. The molecule has 0 radical (unpaired) electrons. The van der Waals surface area contributed by atoms with Crippen molar-refractivity contribution in [3.8, 4) is 0 Å². The maximum Gasteiger partial charge on any atom is 0.371 e. The number of hydrogen-bond acceptors (Lipinski definition) is 4. The summed E-state index contributed by atoms with van der Waals surface area (Å²) >= 11 is 0. The van der Waals surface area contributed by atoms with Crippen LogP contribution in [0.25, 0.3) is 0 Å². The summed E-state index contributed by atoms with van der Waals surface area (Å²) in [4.78, 5) is 10.6. The van der Waals surface area contributed by atoms with Gasteiger partial charge in [-0.2, -0.15) is 5.10 Å². The van der Waals surface area contributed by atoms with Gasteiger partial charge in [0.2, 0.25) is 5.76 Å². The molecule has 0 bridgehead atoms. The third-order valence-electron chi connectivity index (χ3n) is 2.38. The second-order valence-corrected chi connectivity index (χ2v) is 3.74. The number of rotatable bonds is 4. The van der Waals surface area contributed by atoms with Crippen molar-refractivity contribution >= 4 is 11.9 Å². The summed E-state index contributed by atoms with van der Waals surface area (Å²) in [5.74, 6) is -0.711. The molecule has 0 amide bonds. The predicted molar refractivity (Wildman–Crippen MR) is 60.9 cm³/mol. The van der Waals surface area contributed by atoms with E-state index in [1.54, 1.807) is 10.7 Å². The van der Waals surface area contributed by atoms with Crippen LogP contribution in [-0.4, -0.2) is 20.9 Å². The standard InChI is InChI=1S/C11H13N3O3/c1-7-8(6-14(2)13-7)5-12-10-4-3-9(17-10)11(15)16/h3-4,6,12H,5H2,1-2H3,(H,15,16). The summed E-state index contributed by atoms with van der Waals surface area (Å²) in [5.41, 5.74) is 1.98. The number of nitrogens with one attached hydrogen (secondary N) is 1. The molecule has 0 fully saturated rings. The lowest BCUT2D eigenvalue weighted by Crippen LogP contribution is -1.99. The first-order valence-electron chi connectivity index (χ1n) is 5.12. The van der Waals surface area contributed by atoms with Crippen molar-refractivity contribution in [2.24, 2.45) is 7.05 Å².